The normalized spacial score (nSPS) is 11.2. The molecule has 0 aliphatic carbocycles. The largest absolute Gasteiger partial charge is 0.324 e. The number of carbonyl (C=O) groups excluding carboxylic acids is 1. The van der Waals surface area contributed by atoms with E-state index in [2.05, 4.69) is 20.6 Å². The lowest BCUT2D eigenvalue weighted by atomic mass is 10.1. The molecule has 0 radical (unpaired) electrons. The van der Waals surface area contributed by atoms with Gasteiger partial charge >= 0.3 is 0 Å². The Balaban J connectivity index is 1.51. The number of amides is 1. The van der Waals surface area contributed by atoms with Crippen LogP contribution in [0, 0.1) is 6.92 Å². The molecule has 0 unspecified atom stereocenters. The molecule has 6 nitrogen and oxygen atoms in total. The fraction of sp³-hybridized carbons (Fsp3) is 0.179. The molecule has 7 heteroatoms. The number of anilines is 3. The molecule has 0 spiro atoms. The zero-order valence-corrected chi connectivity index (χ0v) is 21.0. The number of hydrogen-bond donors (Lipinski definition) is 2. The highest BCUT2D eigenvalue weighted by atomic mass is 31.2. The molecule has 0 atom stereocenters. The highest BCUT2D eigenvalue weighted by Gasteiger charge is 2.19. The van der Waals surface area contributed by atoms with Crippen LogP contribution in [0.4, 0.5) is 17.3 Å². The first-order valence-electron chi connectivity index (χ1n) is 11.7. The SMILES string of the molecule is CCP(=O)(CC)c1ccc(NC(=O)c2ccc(C)c(Nc3nccc(-c4ccccc4)n3)c2)cc1. The first-order chi connectivity index (χ1) is 16.9. The van der Waals surface area contributed by atoms with Gasteiger partial charge in [-0.15, -0.1) is 0 Å². The summed E-state index contributed by atoms with van der Waals surface area (Å²) in [7, 11) is -2.35. The van der Waals surface area contributed by atoms with Crippen LogP contribution < -0.4 is 15.9 Å². The van der Waals surface area contributed by atoms with E-state index < -0.39 is 7.14 Å². The summed E-state index contributed by atoms with van der Waals surface area (Å²) < 4.78 is 12.9. The molecule has 0 aliphatic heterocycles. The lowest BCUT2D eigenvalue weighted by molar-refractivity contribution is 0.102. The minimum atomic E-state index is -2.35. The Morgan fingerprint density at radius 3 is 2.31 bits per heavy atom. The smallest absolute Gasteiger partial charge is 0.255 e. The molecular weight excluding hydrogens is 455 g/mol. The summed E-state index contributed by atoms with van der Waals surface area (Å²) in [5.74, 6) is 0.229. The van der Waals surface area contributed by atoms with Gasteiger partial charge in [0.2, 0.25) is 5.95 Å². The summed E-state index contributed by atoms with van der Waals surface area (Å²) in [5, 5.41) is 7.02. The predicted molar refractivity (Wildman–Crippen MR) is 145 cm³/mol. The fourth-order valence-electron chi connectivity index (χ4n) is 3.82. The van der Waals surface area contributed by atoms with Gasteiger partial charge in [0.15, 0.2) is 0 Å². The maximum Gasteiger partial charge on any atom is 0.255 e. The van der Waals surface area contributed by atoms with Gasteiger partial charge in [-0.2, -0.15) is 0 Å². The molecule has 3 aromatic carbocycles. The van der Waals surface area contributed by atoms with Gasteiger partial charge < -0.3 is 15.2 Å². The Kier molecular flexibility index (Phi) is 7.42. The first kappa shape index (κ1) is 24.4. The summed E-state index contributed by atoms with van der Waals surface area (Å²) in [6.07, 6.45) is 2.97. The highest BCUT2D eigenvalue weighted by molar-refractivity contribution is 7.71. The number of aromatic nitrogens is 2. The molecule has 4 rings (SSSR count). The molecule has 4 aromatic rings. The van der Waals surface area contributed by atoms with Gasteiger partial charge in [-0.05, 0) is 55.0 Å². The number of nitrogens with zero attached hydrogens (tertiary/aromatic N) is 2. The van der Waals surface area contributed by atoms with Gasteiger partial charge in [-0.1, -0.05) is 50.2 Å². The Hall–Kier alpha value is -3.76. The molecule has 2 N–H and O–H groups in total. The van der Waals surface area contributed by atoms with Crippen molar-refractivity contribution in [3.8, 4) is 11.3 Å². The minimum absolute atomic E-state index is 0.228. The lowest BCUT2D eigenvalue weighted by Crippen LogP contribution is -2.14. The molecule has 0 saturated carbocycles. The molecule has 0 bridgehead atoms. The maximum atomic E-state index is 12.9. The summed E-state index contributed by atoms with van der Waals surface area (Å²) in [6, 6.07) is 24.5. The molecule has 0 saturated heterocycles. The van der Waals surface area contributed by atoms with E-state index in [-0.39, 0.29) is 5.91 Å². The van der Waals surface area contributed by atoms with E-state index >= 15 is 0 Å². The molecule has 0 fully saturated rings. The van der Waals surface area contributed by atoms with Crippen LogP contribution in [0.3, 0.4) is 0 Å². The van der Waals surface area contributed by atoms with Crippen molar-refractivity contribution in [2.45, 2.75) is 20.8 Å². The molecule has 0 aliphatic rings. The predicted octanol–water partition coefficient (Wildman–Crippen LogP) is 6.48. The molecule has 1 amide bonds. The van der Waals surface area contributed by atoms with E-state index in [1.54, 1.807) is 18.3 Å². The third-order valence-electron chi connectivity index (χ3n) is 6.09. The monoisotopic (exact) mass is 484 g/mol. The van der Waals surface area contributed by atoms with E-state index in [4.69, 9.17) is 0 Å². The van der Waals surface area contributed by atoms with Crippen LogP contribution in [0.25, 0.3) is 11.3 Å². The molecule has 178 valence electrons. The van der Waals surface area contributed by atoms with Gasteiger partial charge in [0.05, 0.1) is 5.69 Å². The molecule has 35 heavy (non-hydrogen) atoms. The summed E-state index contributed by atoms with van der Waals surface area (Å²) in [4.78, 5) is 21.9. The molecule has 1 aromatic heterocycles. The van der Waals surface area contributed by atoms with E-state index in [1.807, 2.05) is 87.5 Å². The van der Waals surface area contributed by atoms with E-state index in [0.29, 0.717) is 29.5 Å². The average Bonchev–Trinajstić information content (AvgIpc) is 2.90. The van der Waals surface area contributed by atoms with Gasteiger partial charge in [-0.25, -0.2) is 9.97 Å². The fourth-order valence-corrected chi connectivity index (χ4v) is 5.69. The Morgan fingerprint density at radius 2 is 1.63 bits per heavy atom. The zero-order valence-electron chi connectivity index (χ0n) is 20.2. The van der Waals surface area contributed by atoms with Crippen LogP contribution in [0.1, 0.15) is 29.8 Å². The number of hydrogen-bond acceptors (Lipinski definition) is 5. The molecular formula is C28H29N4O2P. The summed E-state index contributed by atoms with van der Waals surface area (Å²) in [6.45, 7) is 5.86. The van der Waals surface area contributed by atoms with E-state index in [0.717, 1.165) is 27.8 Å². The van der Waals surface area contributed by atoms with Crippen LogP contribution in [0.5, 0.6) is 0 Å². The van der Waals surface area contributed by atoms with Crippen molar-refractivity contribution in [3.05, 3.63) is 96.2 Å². The first-order valence-corrected chi connectivity index (χ1v) is 13.8. The van der Waals surface area contributed by atoms with Crippen molar-refractivity contribution in [1.82, 2.24) is 9.97 Å². The van der Waals surface area contributed by atoms with Crippen molar-refractivity contribution >= 4 is 35.7 Å². The maximum absolute atomic E-state index is 12.9. The number of nitrogens with one attached hydrogen (secondary N) is 2. The number of aryl methyl sites for hydroxylation is 1. The number of benzene rings is 3. The Bertz CT molecular complexity index is 1360. The van der Waals surface area contributed by atoms with Crippen LogP contribution >= 0.6 is 7.14 Å². The third kappa shape index (κ3) is 5.67. The second-order valence-corrected chi connectivity index (χ2v) is 11.9. The van der Waals surface area contributed by atoms with Crippen LogP contribution in [-0.4, -0.2) is 28.2 Å². The lowest BCUT2D eigenvalue weighted by Gasteiger charge is -2.15. The van der Waals surface area contributed by atoms with Gasteiger partial charge in [-0.3, -0.25) is 4.79 Å². The third-order valence-corrected chi connectivity index (χ3v) is 9.37. The minimum Gasteiger partial charge on any atom is -0.324 e. The molecule has 1 heterocycles. The van der Waals surface area contributed by atoms with Crippen molar-refractivity contribution in [2.24, 2.45) is 0 Å². The van der Waals surface area contributed by atoms with Crippen molar-refractivity contribution < 1.29 is 9.36 Å². The Morgan fingerprint density at radius 1 is 0.914 bits per heavy atom. The standard InChI is InChI=1S/C28H29N4O2P/c1-4-35(34,5-2)24-15-13-23(14-16-24)30-27(33)22-12-11-20(3)26(19-22)32-28-29-18-17-25(31-28)21-9-7-6-8-10-21/h6-19H,4-5H2,1-3H3,(H,30,33)(H,29,31,32). The van der Waals surface area contributed by atoms with Gasteiger partial charge in [0.1, 0.15) is 7.14 Å². The quantitative estimate of drug-likeness (QED) is 0.280. The van der Waals surface area contributed by atoms with E-state index in [9.17, 15) is 9.36 Å². The summed E-state index contributed by atoms with van der Waals surface area (Å²) >= 11 is 0. The second kappa shape index (κ2) is 10.7. The van der Waals surface area contributed by atoms with Crippen molar-refractivity contribution in [3.63, 3.8) is 0 Å². The topological polar surface area (TPSA) is 84.0 Å². The number of carbonyl (C=O) groups is 1. The van der Waals surface area contributed by atoms with Gasteiger partial charge in [0, 0.05) is 46.3 Å². The average molecular weight is 485 g/mol. The van der Waals surface area contributed by atoms with Crippen molar-refractivity contribution in [2.75, 3.05) is 23.0 Å². The van der Waals surface area contributed by atoms with Crippen molar-refractivity contribution in [1.29, 1.82) is 0 Å². The van der Waals surface area contributed by atoms with Crippen LogP contribution in [0.15, 0.2) is 85.1 Å². The van der Waals surface area contributed by atoms with Gasteiger partial charge in [0.25, 0.3) is 5.91 Å². The second-order valence-electron chi connectivity index (χ2n) is 8.31. The van der Waals surface area contributed by atoms with Crippen LogP contribution in [0.2, 0.25) is 0 Å². The highest BCUT2D eigenvalue weighted by Crippen LogP contribution is 2.43. The Labute approximate surface area is 206 Å². The number of rotatable bonds is 8. The van der Waals surface area contributed by atoms with E-state index in [1.165, 1.54) is 0 Å². The summed E-state index contributed by atoms with van der Waals surface area (Å²) in [5.41, 5.74) is 4.71. The zero-order chi connectivity index (χ0) is 24.8. The van der Waals surface area contributed by atoms with Crippen LogP contribution in [-0.2, 0) is 4.57 Å².